The third-order valence-corrected chi connectivity index (χ3v) is 3.06. The predicted molar refractivity (Wildman–Crippen MR) is 76.9 cm³/mol. The van der Waals surface area contributed by atoms with Gasteiger partial charge in [0.05, 0.1) is 7.11 Å². The molecule has 0 radical (unpaired) electrons. The normalized spacial score (nSPS) is 10.6. The fourth-order valence-electron chi connectivity index (χ4n) is 1.93. The van der Waals surface area contributed by atoms with E-state index < -0.39 is 0 Å². The number of aliphatic hydroxyl groups is 1. The Kier molecular flexibility index (Phi) is 5.53. The molecule has 0 spiro atoms. The molecular formula is C14H20N4O3. The van der Waals surface area contributed by atoms with E-state index in [1.165, 1.54) is 0 Å². The maximum Gasteiger partial charge on any atom is 0.132 e. The number of nitrogens with zero attached hydrogens (tertiary/aromatic N) is 3. The summed E-state index contributed by atoms with van der Waals surface area (Å²) in [5.74, 6) is 1.44. The number of rotatable bonds is 8. The Bertz CT molecular complexity index is 571. The molecule has 0 fully saturated rings. The first-order chi connectivity index (χ1) is 10.3. The van der Waals surface area contributed by atoms with Gasteiger partial charge in [-0.1, -0.05) is 11.3 Å². The number of nitrogens with two attached hydrogens (primary N) is 1. The van der Waals surface area contributed by atoms with E-state index in [2.05, 4.69) is 10.3 Å². The van der Waals surface area contributed by atoms with Crippen LogP contribution in [-0.2, 0) is 19.7 Å². The minimum atomic E-state index is 0.105. The molecule has 0 saturated heterocycles. The van der Waals surface area contributed by atoms with Crippen molar-refractivity contribution in [2.24, 2.45) is 5.73 Å². The van der Waals surface area contributed by atoms with Crippen molar-refractivity contribution >= 4 is 0 Å². The average Bonchev–Trinajstić information content (AvgIpc) is 2.93. The number of aromatic nitrogens is 3. The van der Waals surface area contributed by atoms with Crippen LogP contribution in [-0.4, -0.2) is 33.8 Å². The Labute approximate surface area is 123 Å². The summed E-state index contributed by atoms with van der Waals surface area (Å²) in [6.45, 7) is 1.31. The highest BCUT2D eigenvalue weighted by atomic mass is 16.5. The molecule has 2 aromatic rings. The molecule has 7 nitrogen and oxygen atoms in total. The summed E-state index contributed by atoms with van der Waals surface area (Å²) in [6, 6.07) is 7.38. The largest absolute Gasteiger partial charge is 0.497 e. The molecule has 1 heterocycles. The Morgan fingerprint density at radius 2 is 2.14 bits per heavy atom. The first-order valence-electron chi connectivity index (χ1n) is 6.77. The van der Waals surface area contributed by atoms with Crippen LogP contribution in [0.4, 0.5) is 0 Å². The number of aliphatic hydroxyl groups excluding tert-OH is 1. The first kappa shape index (κ1) is 15.3. The van der Waals surface area contributed by atoms with Crippen LogP contribution in [0.1, 0.15) is 17.8 Å². The van der Waals surface area contributed by atoms with Crippen LogP contribution < -0.4 is 15.2 Å². The maximum atomic E-state index is 8.92. The fraction of sp³-hybridized carbons (Fsp3) is 0.429. The van der Waals surface area contributed by atoms with Crippen LogP contribution in [0.2, 0.25) is 0 Å². The molecule has 0 saturated carbocycles. The third-order valence-electron chi connectivity index (χ3n) is 3.06. The van der Waals surface area contributed by atoms with E-state index in [-0.39, 0.29) is 6.61 Å². The molecule has 1 aromatic heterocycles. The minimum Gasteiger partial charge on any atom is -0.497 e. The van der Waals surface area contributed by atoms with Crippen molar-refractivity contribution < 1.29 is 14.6 Å². The third kappa shape index (κ3) is 3.93. The van der Waals surface area contributed by atoms with Crippen molar-refractivity contribution in [2.45, 2.75) is 26.1 Å². The van der Waals surface area contributed by atoms with E-state index in [9.17, 15) is 0 Å². The summed E-state index contributed by atoms with van der Waals surface area (Å²) in [5.41, 5.74) is 7.20. The molecule has 0 aliphatic carbocycles. The van der Waals surface area contributed by atoms with Gasteiger partial charge in [-0.3, -0.25) is 0 Å². The summed E-state index contributed by atoms with van der Waals surface area (Å²) in [7, 11) is 1.61. The molecule has 0 aliphatic rings. The van der Waals surface area contributed by atoms with E-state index in [0.29, 0.717) is 37.6 Å². The monoisotopic (exact) mass is 292 g/mol. The fourth-order valence-corrected chi connectivity index (χ4v) is 1.93. The highest BCUT2D eigenvalue weighted by Gasteiger charge is 2.12. The molecule has 7 heteroatoms. The quantitative estimate of drug-likeness (QED) is 0.744. The van der Waals surface area contributed by atoms with Crippen molar-refractivity contribution in [3.63, 3.8) is 0 Å². The SMILES string of the molecule is COc1cccc(OCc2c(CN)nnn2CCCO)c1. The van der Waals surface area contributed by atoms with Gasteiger partial charge in [0.25, 0.3) is 0 Å². The van der Waals surface area contributed by atoms with E-state index >= 15 is 0 Å². The van der Waals surface area contributed by atoms with Gasteiger partial charge in [-0.2, -0.15) is 0 Å². The zero-order chi connectivity index (χ0) is 15.1. The number of benzene rings is 1. The second kappa shape index (κ2) is 7.61. The minimum absolute atomic E-state index is 0.105. The summed E-state index contributed by atoms with van der Waals surface area (Å²) in [4.78, 5) is 0. The number of hydrogen-bond donors (Lipinski definition) is 2. The maximum absolute atomic E-state index is 8.92. The van der Waals surface area contributed by atoms with Crippen molar-refractivity contribution in [2.75, 3.05) is 13.7 Å². The van der Waals surface area contributed by atoms with E-state index in [1.54, 1.807) is 11.8 Å². The number of ether oxygens (including phenoxy) is 2. The zero-order valence-corrected chi connectivity index (χ0v) is 12.0. The molecule has 0 atom stereocenters. The lowest BCUT2D eigenvalue weighted by Gasteiger charge is -2.10. The van der Waals surface area contributed by atoms with Crippen LogP contribution >= 0.6 is 0 Å². The summed E-state index contributed by atoms with van der Waals surface area (Å²) < 4.78 is 12.6. The van der Waals surface area contributed by atoms with Gasteiger partial charge in [-0.05, 0) is 18.6 Å². The topological polar surface area (TPSA) is 95.4 Å². The van der Waals surface area contributed by atoms with Crippen molar-refractivity contribution in [1.82, 2.24) is 15.0 Å². The van der Waals surface area contributed by atoms with Gasteiger partial charge >= 0.3 is 0 Å². The Hall–Kier alpha value is -2.12. The first-order valence-corrected chi connectivity index (χ1v) is 6.77. The van der Waals surface area contributed by atoms with Gasteiger partial charge in [-0.25, -0.2) is 4.68 Å². The molecule has 114 valence electrons. The van der Waals surface area contributed by atoms with Gasteiger partial charge in [0.1, 0.15) is 29.5 Å². The number of hydrogen-bond acceptors (Lipinski definition) is 6. The van der Waals surface area contributed by atoms with Crippen molar-refractivity contribution in [1.29, 1.82) is 0 Å². The summed E-state index contributed by atoms with van der Waals surface area (Å²) >= 11 is 0. The molecular weight excluding hydrogens is 272 g/mol. The van der Waals surface area contributed by atoms with E-state index in [0.717, 1.165) is 11.4 Å². The summed E-state index contributed by atoms with van der Waals surface area (Å²) in [5, 5.41) is 17.0. The van der Waals surface area contributed by atoms with Crippen LogP contribution in [0, 0.1) is 0 Å². The van der Waals surface area contributed by atoms with Crippen LogP contribution in [0.15, 0.2) is 24.3 Å². The highest BCUT2D eigenvalue weighted by Crippen LogP contribution is 2.20. The molecule has 0 unspecified atom stereocenters. The Balaban J connectivity index is 2.08. The van der Waals surface area contributed by atoms with Gasteiger partial charge in [0.15, 0.2) is 0 Å². The molecule has 2 rings (SSSR count). The van der Waals surface area contributed by atoms with Gasteiger partial charge < -0.3 is 20.3 Å². The molecule has 21 heavy (non-hydrogen) atoms. The number of methoxy groups -OCH3 is 1. The van der Waals surface area contributed by atoms with Crippen LogP contribution in [0.5, 0.6) is 11.5 Å². The van der Waals surface area contributed by atoms with Crippen molar-refractivity contribution in [3.8, 4) is 11.5 Å². The Morgan fingerprint density at radius 3 is 2.86 bits per heavy atom. The van der Waals surface area contributed by atoms with Crippen LogP contribution in [0.3, 0.4) is 0 Å². The average molecular weight is 292 g/mol. The molecule has 0 bridgehead atoms. The van der Waals surface area contributed by atoms with Gasteiger partial charge in [0, 0.05) is 25.8 Å². The highest BCUT2D eigenvalue weighted by molar-refractivity contribution is 5.33. The van der Waals surface area contributed by atoms with E-state index in [4.69, 9.17) is 20.3 Å². The lowest BCUT2D eigenvalue weighted by Crippen LogP contribution is -2.11. The van der Waals surface area contributed by atoms with Crippen molar-refractivity contribution in [3.05, 3.63) is 35.7 Å². The van der Waals surface area contributed by atoms with Crippen LogP contribution in [0.25, 0.3) is 0 Å². The Morgan fingerprint density at radius 1 is 1.33 bits per heavy atom. The predicted octanol–water partition coefficient (Wildman–Crippen LogP) is 0.707. The standard InChI is InChI=1S/C14H20N4O3/c1-20-11-4-2-5-12(8-11)21-10-14-13(9-15)16-17-18(14)6-3-7-19/h2,4-5,8,19H,3,6-7,9-10,15H2,1H3. The molecule has 0 aliphatic heterocycles. The van der Waals surface area contributed by atoms with Gasteiger partial charge in [-0.15, -0.1) is 5.10 Å². The van der Waals surface area contributed by atoms with Gasteiger partial charge in [0.2, 0.25) is 0 Å². The number of aryl methyl sites for hydroxylation is 1. The molecule has 0 amide bonds. The second-order valence-corrected chi connectivity index (χ2v) is 4.45. The zero-order valence-electron chi connectivity index (χ0n) is 12.0. The molecule has 1 aromatic carbocycles. The lowest BCUT2D eigenvalue weighted by molar-refractivity contribution is 0.264. The second-order valence-electron chi connectivity index (χ2n) is 4.45. The van der Waals surface area contributed by atoms with E-state index in [1.807, 2.05) is 24.3 Å². The molecule has 3 N–H and O–H groups in total. The smallest absolute Gasteiger partial charge is 0.132 e. The lowest BCUT2D eigenvalue weighted by atomic mass is 10.3. The summed E-state index contributed by atoms with van der Waals surface area (Å²) in [6.07, 6.45) is 0.611.